The van der Waals surface area contributed by atoms with Crippen molar-refractivity contribution in [3.8, 4) is 0 Å². The molecule has 0 saturated heterocycles. The average molecular weight is 261 g/mol. The summed E-state index contributed by atoms with van der Waals surface area (Å²) in [5.41, 5.74) is 2.57. The molecule has 3 heteroatoms. The van der Waals surface area contributed by atoms with Crippen molar-refractivity contribution in [2.75, 3.05) is 5.32 Å². The zero-order valence-corrected chi connectivity index (χ0v) is 13.0. The van der Waals surface area contributed by atoms with E-state index in [0.29, 0.717) is 12.0 Å². The summed E-state index contributed by atoms with van der Waals surface area (Å²) in [5, 5.41) is 7.08. The highest BCUT2D eigenvalue weighted by Gasteiger charge is 2.41. The van der Waals surface area contributed by atoms with Gasteiger partial charge in [-0.25, -0.2) is 0 Å². The smallest absolute Gasteiger partial charge is 0.0530 e. The van der Waals surface area contributed by atoms with Crippen LogP contribution in [0.5, 0.6) is 0 Å². The fourth-order valence-electron chi connectivity index (χ4n) is 2.37. The molecule has 1 aliphatic carbocycles. The van der Waals surface area contributed by atoms with Gasteiger partial charge in [0.25, 0.3) is 0 Å². The lowest BCUT2D eigenvalue weighted by molar-refractivity contribution is 0.418. The van der Waals surface area contributed by atoms with E-state index in [1.807, 2.05) is 6.20 Å². The second-order valence-electron chi connectivity index (χ2n) is 7.69. The van der Waals surface area contributed by atoms with Crippen molar-refractivity contribution in [1.82, 2.24) is 10.3 Å². The van der Waals surface area contributed by atoms with Gasteiger partial charge in [0, 0.05) is 28.7 Å². The summed E-state index contributed by atoms with van der Waals surface area (Å²) in [7, 11) is 0. The van der Waals surface area contributed by atoms with Gasteiger partial charge in [-0.1, -0.05) is 0 Å². The predicted molar refractivity (Wildman–Crippen MR) is 81.6 cm³/mol. The highest BCUT2D eigenvalue weighted by molar-refractivity contribution is 5.44. The van der Waals surface area contributed by atoms with Crippen LogP contribution >= 0.6 is 0 Å². The summed E-state index contributed by atoms with van der Waals surface area (Å²) in [6, 6.07) is 4.89. The largest absolute Gasteiger partial charge is 0.379 e. The summed E-state index contributed by atoms with van der Waals surface area (Å²) in [5.74, 6) is 0.586. The van der Waals surface area contributed by atoms with E-state index in [2.05, 4.69) is 69.3 Å². The van der Waals surface area contributed by atoms with Gasteiger partial charge in [0.05, 0.1) is 11.9 Å². The van der Waals surface area contributed by atoms with Crippen molar-refractivity contribution < 1.29 is 0 Å². The van der Waals surface area contributed by atoms with Gasteiger partial charge in [0.15, 0.2) is 0 Å². The van der Waals surface area contributed by atoms with Crippen LogP contribution in [0, 0.1) is 0 Å². The number of hydrogen-bond acceptors (Lipinski definition) is 3. The molecule has 0 amide bonds. The van der Waals surface area contributed by atoms with E-state index >= 15 is 0 Å². The highest BCUT2D eigenvalue weighted by Crippen LogP contribution is 2.41. The van der Waals surface area contributed by atoms with Crippen molar-refractivity contribution in [3.63, 3.8) is 0 Å². The third kappa shape index (κ3) is 4.50. The van der Waals surface area contributed by atoms with Gasteiger partial charge < -0.3 is 10.6 Å². The molecule has 2 atom stereocenters. The summed E-state index contributed by atoms with van der Waals surface area (Å²) in [4.78, 5) is 4.60. The van der Waals surface area contributed by atoms with Crippen LogP contribution in [0.1, 0.15) is 59.6 Å². The number of anilines is 1. The Morgan fingerprint density at radius 3 is 2.21 bits per heavy atom. The van der Waals surface area contributed by atoms with Crippen LogP contribution in [0.4, 0.5) is 5.69 Å². The lowest BCUT2D eigenvalue weighted by Gasteiger charge is -2.22. The summed E-state index contributed by atoms with van der Waals surface area (Å²) >= 11 is 0. The predicted octanol–water partition coefficient (Wildman–Crippen LogP) is 3.54. The van der Waals surface area contributed by atoms with Gasteiger partial charge in [-0.2, -0.15) is 0 Å². The van der Waals surface area contributed by atoms with Crippen LogP contribution in [0.25, 0.3) is 0 Å². The highest BCUT2D eigenvalue weighted by atomic mass is 15.0. The number of pyridine rings is 1. The van der Waals surface area contributed by atoms with E-state index in [-0.39, 0.29) is 11.1 Å². The Labute approximate surface area is 117 Å². The fourth-order valence-corrected chi connectivity index (χ4v) is 2.37. The van der Waals surface area contributed by atoms with Gasteiger partial charge in [-0.3, -0.25) is 4.98 Å². The first-order valence-corrected chi connectivity index (χ1v) is 7.16. The minimum Gasteiger partial charge on any atom is -0.379 e. The zero-order chi connectivity index (χ0) is 14.3. The third-order valence-electron chi connectivity index (χ3n) is 3.09. The second-order valence-corrected chi connectivity index (χ2v) is 7.69. The Balaban J connectivity index is 1.94. The van der Waals surface area contributed by atoms with Crippen LogP contribution in [-0.2, 0) is 0 Å². The van der Waals surface area contributed by atoms with Gasteiger partial charge >= 0.3 is 0 Å². The van der Waals surface area contributed by atoms with E-state index in [1.54, 1.807) is 0 Å². The van der Waals surface area contributed by atoms with Crippen LogP contribution < -0.4 is 10.6 Å². The maximum Gasteiger partial charge on any atom is 0.0530 e. The Kier molecular flexibility index (Phi) is 3.61. The Bertz CT molecular complexity index is 423. The molecule has 0 bridgehead atoms. The second kappa shape index (κ2) is 4.78. The van der Waals surface area contributed by atoms with Crippen molar-refractivity contribution in [2.24, 2.45) is 0 Å². The molecule has 1 fully saturated rings. The Morgan fingerprint density at radius 1 is 1.05 bits per heavy atom. The minimum atomic E-state index is 0.0824. The first-order chi connectivity index (χ1) is 8.64. The molecule has 0 radical (unpaired) electrons. The molecule has 1 aromatic rings. The van der Waals surface area contributed by atoms with Gasteiger partial charge in [0.1, 0.15) is 0 Å². The molecule has 1 aromatic heterocycles. The summed E-state index contributed by atoms with van der Waals surface area (Å²) < 4.78 is 0. The topological polar surface area (TPSA) is 37.0 Å². The number of hydrogen-bond donors (Lipinski definition) is 2. The quantitative estimate of drug-likeness (QED) is 0.874. The van der Waals surface area contributed by atoms with Gasteiger partial charge in [-0.05, 0) is 60.1 Å². The monoisotopic (exact) mass is 261 g/mol. The minimum absolute atomic E-state index is 0.0824. The van der Waals surface area contributed by atoms with Crippen LogP contribution in [0.15, 0.2) is 18.3 Å². The molecule has 2 unspecified atom stereocenters. The molecule has 1 aliphatic rings. The molecule has 19 heavy (non-hydrogen) atoms. The fraction of sp³-hybridized carbons (Fsp3) is 0.688. The molecule has 0 aromatic carbocycles. The summed E-state index contributed by atoms with van der Waals surface area (Å²) in [6.45, 7) is 13.1. The molecule has 1 heterocycles. The van der Waals surface area contributed by atoms with E-state index in [9.17, 15) is 0 Å². The number of aromatic nitrogens is 1. The van der Waals surface area contributed by atoms with Crippen molar-refractivity contribution in [2.45, 2.75) is 71.0 Å². The summed E-state index contributed by atoms with van der Waals surface area (Å²) in [6.07, 6.45) is 3.16. The first-order valence-electron chi connectivity index (χ1n) is 7.16. The number of nitrogens with one attached hydrogen (secondary N) is 2. The molecular formula is C16H27N3. The van der Waals surface area contributed by atoms with Crippen LogP contribution in [0.2, 0.25) is 0 Å². The van der Waals surface area contributed by atoms with Crippen molar-refractivity contribution >= 4 is 5.69 Å². The Morgan fingerprint density at radius 2 is 1.74 bits per heavy atom. The molecule has 1 saturated carbocycles. The Hall–Kier alpha value is -1.09. The molecule has 0 aliphatic heterocycles. The number of nitrogens with zero attached hydrogens (tertiary/aromatic N) is 1. The van der Waals surface area contributed by atoms with Crippen LogP contribution in [-0.4, -0.2) is 22.1 Å². The van der Waals surface area contributed by atoms with Crippen molar-refractivity contribution in [3.05, 3.63) is 24.0 Å². The standard InChI is InChI=1S/C16H27N3/c1-15(2,3)18-11-7-8-13(17-10-11)12-9-14(12)19-16(4,5)6/h7-8,10,12,14,18-19H,9H2,1-6H3. The average Bonchev–Trinajstić information content (AvgIpc) is 2.93. The first kappa shape index (κ1) is 14.3. The van der Waals surface area contributed by atoms with E-state index in [0.717, 1.165) is 5.69 Å². The lowest BCUT2D eigenvalue weighted by atomic mass is 10.1. The number of rotatable bonds is 3. The third-order valence-corrected chi connectivity index (χ3v) is 3.09. The molecule has 0 spiro atoms. The van der Waals surface area contributed by atoms with Crippen molar-refractivity contribution in [1.29, 1.82) is 0 Å². The van der Waals surface area contributed by atoms with E-state index < -0.39 is 0 Å². The van der Waals surface area contributed by atoms with Crippen LogP contribution in [0.3, 0.4) is 0 Å². The maximum absolute atomic E-state index is 4.60. The van der Waals surface area contributed by atoms with Gasteiger partial charge in [-0.15, -0.1) is 0 Å². The normalized spacial score (nSPS) is 23.3. The molecule has 2 N–H and O–H groups in total. The van der Waals surface area contributed by atoms with E-state index in [4.69, 9.17) is 0 Å². The lowest BCUT2D eigenvalue weighted by Crippen LogP contribution is -2.38. The van der Waals surface area contributed by atoms with E-state index in [1.165, 1.54) is 12.1 Å². The molecular weight excluding hydrogens is 234 g/mol. The zero-order valence-electron chi connectivity index (χ0n) is 13.0. The van der Waals surface area contributed by atoms with Gasteiger partial charge in [0.2, 0.25) is 0 Å². The molecule has 3 nitrogen and oxygen atoms in total. The molecule has 2 rings (SSSR count). The SMILES string of the molecule is CC(C)(C)Nc1ccc(C2CC2NC(C)(C)C)nc1. The maximum atomic E-state index is 4.60. The molecule has 106 valence electrons.